The fraction of sp³-hybridized carbons (Fsp3) is 0.934. The molecule has 0 aromatic heterocycles. The second-order valence-electron chi connectivity index (χ2n) is 28.2. The molecule has 0 bridgehead atoms. The first-order chi connectivity index (χ1) is 46.3. The van der Waals surface area contributed by atoms with Gasteiger partial charge in [-0.3, -0.25) is 4.79 Å². The summed E-state index contributed by atoms with van der Waals surface area (Å²) in [6.07, 6.45) is 41.1. The molecule has 3 fully saturated rings. The highest BCUT2D eigenvalue weighted by molar-refractivity contribution is 5.76. The second-order valence-corrected chi connectivity index (χ2v) is 28.2. The van der Waals surface area contributed by atoms with Gasteiger partial charge in [0.15, 0.2) is 18.9 Å². The number of unbranched alkanes of at least 4 members (excludes halogenated alkanes) is 42. The van der Waals surface area contributed by atoms with Gasteiger partial charge in [-0.1, -0.05) is 295 Å². The van der Waals surface area contributed by atoms with E-state index in [9.17, 15) is 61.0 Å². The molecule has 3 aliphatic heterocycles. The largest absolute Gasteiger partial charge is 0.394 e. The lowest BCUT2D eigenvalue weighted by molar-refractivity contribution is -0.379. The monoisotopic (exact) mass is 1360 g/mol. The molecule has 12 N–H and O–H groups in total. The number of carbonyl (C=O) groups is 1. The number of carbonyl (C=O) groups excluding carboxylic acids is 1. The summed E-state index contributed by atoms with van der Waals surface area (Å²) in [4.78, 5) is 13.5. The molecule has 560 valence electrons. The number of aliphatic hydroxyl groups excluding tert-OH is 11. The summed E-state index contributed by atoms with van der Waals surface area (Å²) in [7, 11) is 0. The van der Waals surface area contributed by atoms with Crippen molar-refractivity contribution in [3.05, 3.63) is 24.3 Å². The molecule has 17 atom stereocenters. The van der Waals surface area contributed by atoms with Crippen LogP contribution in [0.25, 0.3) is 0 Å². The van der Waals surface area contributed by atoms with Gasteiger partial charge < -0.3 is 89.9 Å². The third kappa shape index (κ3) is 38.8. The van der Waals surface area contributed by atoms with E-state index in [0.717, 1.165) is 57.8 Å². The van der Waals surface area contributed by atoms with Crippen molar-refractivity contribution in [3.63, 3.8) is 0 Å². The summed E-state index contributed by atoms with van der Waals surface area (Å²) in [6, 6.07) is -0.889. The minimum Gasteiger partial charge on any atom is -0.394 e. The van der Waals surface area contributed by atoms with Gasteiger partial charge in [-0.2, -0.15) is 0 Å². The van der Waals surface area contributed by atoms with Crippen LogP contribution in [0.1, 0.15) is 322 Å². The third-order valence-corrected chi connectivity index (χ3v) is 19.8. The van der Waals surface area contributed by atoms with Gasteiger partial charge in [-0.25, -0.2) is 0 Å². The van der Waals surface area contributed by atoms with Crippen LogP contribution in [0, 0.1) is 0 Å². The van der Waals surface area contributed by atoms with Gasteiger partial charge in [-0.05, 0) is 44.9 Å². The Hall–Kier alpha value is -1.73. The number of nitrogens with one attached hydrogen (secondary N) is 1. The van der Waals surface area contributed by atoms with Crippen molar-refractivity contribution in [2.45, 2.75) is 426 Å². The smallest absolute Gasteiger partial charge is 0.220 e. The van der Waals surface area contributed by atoms with Crippen LogP contribution in [-0.2, 0) is 33.2 Å². The first-order valence-corrected chi connectivity index (χ1v) is 39.1. The highest BCUT2D eigenvalue weighted by atomic mass is 16.8. The van der Waals surface area contributed by atoms with Crippen molar-refractivity contribution >= 4 is 5.91 Å². The Balaban J connectivity index is 1.39. The molecule has 17 unspecified atom stereocenters. The van der Waals surface area contributed by atoms with Gasteiger partial charge >= 0.3 is 0 Å². The fourth-order valence-corrected chi connectivity index (χ4v) is 13.5. The van der Waals surface area contributed by atoms with E-state index >= 15 is 0 Å². The molecule has 0 radical (unpaired) electrons. The van der Waals surface area contributed by atoms with E-state index in [4.69, 9.17) is 28.4 Å². The van der Waals surface area contributed by atoms with Crippen molar-refractivity contribution in [2.24, 2.45) is 0 Å². The van der Waals surface area contributed by atoms with Crippen LogP contribution in [-0.4, -0.2) is 193 Å². The summed E-state index contributed by atoms with van der Waals surface area (Å²) >= 11 is 0. The first-order valence-electron chi connectivity index (χ1n) is 39.1. The summed E-state index contributed by atoms with van der Waals surface area (Å²) < 4.78 is 34.5. The van der Waals surface area contributed by atoms with Gasteiger partial charge in [0.1, 0.15) is 73.2 Å². The average molecular weight is 1360 g/mol. The van der Waals surface area contributed by atoms with E-state index in [0.29, 0.717) is 12.8 Å². The molecule has 3 rings (SSSR count). The van der Waals surface area contributed by atoms with E-state index in [-0.39, 0.29) is 18.9 Å². The quantitative estimate of drug-likeness (QED) is 0.0199. The van der Waals surface area contributed by atoms with Gasteiger partial charge in [-0.15, -0.1) is 0 Å². The minimum absolute atomic E-state index is 0.240. The molecular weight excluding hydrogens is 1210 g/mol. The topological polar surface area (TPSA) is 307 Å². The molecule has 0 aliphatic carbocycles. The lowest BCUT2D eigenvalue weighted by atomic mass is 9.96. The van der Waals surface area contributed by atoms with Crippen LogP contribution in [0.2, 0.25) is 0 Å². The molecule has 19 heteroatoms. The standard InChI is InChI=1S/C76H143NO18/c1-3-5-7-9-11-13-15-17-19-21-23-25-27-28-29-30-32-33-35-37-39-41-43-45-47-49-51-53-60(81)59(77-64(82)54-52-50-48-46-44-42-40-38-36-34-31-26-24-22-20-18-16-14-12-10-8-6-4-2)58-90-74-70(88)67(85)72(62(56-79)92-74)95-76-71(89)68(86)73(63(57-80)93-76)94-75-69(87)66(84)65(83)61(55-78)91-75/h16,18,22,24,59-63,65-76,78-81,83-89H,3-15,17,19-21,23,25-58H2,1-2H3,(H,77,82)/b18-16-,24-22-. The Labute approximate surface area is 575 Å². The van der Waals surface area contributed by atoms with E-state index in [2.05, 4.69) is 43.5 Å². The number of allylic oxidation sites excluding steroid dienone is 4. The second kappa shape index (κ2) is 57.8. The number of hydrogen-bond donors (Lipinski definition) is 12. The van der Waals surface area contributed by atoms with E-state index < -0.39 is 124 Å². The number of aliphatic hydroxyl groups is 11. The van der Waals surface area contributed by atoms with Crippen LogP contribution in [0.5, 0.6) is 0 Å². The summed E-state index contributed by atoms with van der Waals surface area (Å²) in [6.45, 7) is 1.84. The molecule has 1 amide bonds. The minimum atomic E-state index is -1.97. The maximum absolute atomic E-state index is 13.5. The van der Waals surface area contributed by atoms with E-state index in [1.807, 2.05) is 0 Å². The Kier molecular flexibility index (Phi) is 53.3. The van der Waals surface area contributed by atoms with Crippen molar-refractivity contribution < 1.29 is 89.4 Å². The van der Waals surface area contributed by atoms with Crippen molar-refractivity contribution in [3.8, 4) is 0 Å². The lowest BCUT2D eigenvalue weighted by Gasteiger charge is -2.48. The molecule has 19 nitrogen and oxygen atoms in total. The first kappa shape index (κ1) is 87.5. The zero-order valence-corrected chi connectivity index (χ0v) is 59.7. The summed E-state index contributed by atoms with van der Waals surface area (Å²) in [5.74, 6) is -0.240. The fourth-order valence-electron chi connectivity index (χ4n) is 13.5. The molecule has 3 heterocycles. The van der Waals surface area contributed by atoms with Crippen LogP contribution in [0.15, 0.2) is 24.3 Å². The van der Waals surface area contributed by atoms with Gasteiger partial charge in [0.2, 0.25) is 5.91 Å². The van der Waals surface area contributed by atoms with Crippen LogP contribution >= 0.6 is 0 Å². The Morgan fingerprint density at radius 2 is 0.695 bits per heavy atom. The highest BCUT2D eigenvalue weighted by Gasteiger charge is 2.54. The normalized spacial score (nSPS) is 27.3. The zero-order chi connectivity index (χ0) is 68.9. The number of amides is 1. The molecule has 3 aliphatic rings. The van der Waals surface area contributed by atoms with Crippen LogP contribution in [0.4, 0.5) is 0 Å². The molecule has 0 aromatic carbocycles. The molecule has 0 spiro atoms. The molecule has 0 aromatic rings. The Morgan fingerprint density at radius 1 is 0.379 bits per heavy atom. The van der Waals surface area contributed by atoms with Gasteiger partial charge in [0.25, 0.3) is 0 Å². The molecule has 0 saturated carbocycles. The number of hydrogen-bond acceptors (Lipinski definition) is 18. The Morgan fingerprint density at radius 3 is 1.07 bits per heavy atom. The van der Waals surface area contributed by atoms with Crippen LogP contribution < -0.4 is 5.32 Å². The zero-order valence-electron chi connectivity index (χ0n) is 59.7. The predicted octanol–water partition coefficient (Wildman–Crippen LogP) is 12.2. The molecular formula is C76H143NO18. The third-order valence-electron chi connectivity index (χ3n) is 19.8. The van der Waals surface area contributed by atoms with Crippen LogP contribution in [0.3, 0.4) is 0 Å². The molecule has 3 saturated heterocycles. The van der Waals surface area contributed by atoms with E-state index in [1.54, 1.807) is 0 Å². The number of rotatable bonds is 62. The maximum atomic E-state index is 13.5. The Bertz CT molecular complexity index is 1810. The van der Waals surface area contributed by atoms with Crippen molar-refractivity contribution in [1.82, 2.24) is 5.32 Å². The number of ether oxygens (including phenoxy) is 6. The maximum Gasteiger partial charge on any atom is 0.220 e. The summed E-state index contributed by atoms with van der Waals surface area (Å²) in [5, 5.41) is 121. The van der Waals surface area contributed by atoms with Gasteiger partial charge in [0.05, 0.1) is 38.6 Å². The lowest BCUT2D eigenvalue weighted by Crippen LogP contribution is -2.66. The van der Waals surface area contributed by atoms with E-state index in [1.165, 1.54) is 231 Å². The predicted molar refractivity (Wildman–Crippen MR) is 374 cm³/mol. The molecule has 95 heavy (non-hydrogen) atoms. The van der Waals surface area contributed by atoms with Crippen molar-refractivity contribution in [2.75, 3.05) is 26.4 Å². The average Bonchev–Trinajstić information content (AvgIpc) is 0.787. The SMILES string of the molecule is CCCCCCC/C=C\C/C=C\CCCCCCCCCCCCCC(=O)NC(COC1OC(CO)C(OC2OC(CO)C(OC3OC(CO)C(O)C(O)C3O)C(O)C2O)C(O)C1O)C(O)CCCCCCCCCCCCCCCCCCCCCCCCCCCCC. The van der Waals surface area contributed by atoms with Gasteiger partial charge in [0, 0.05) is 6.42 Å². The van der Waals surface area contributed by atoms with Crippen molar-refractivity contribution in [1.29, 1.82) is 0 Å². The summed E-state index contributed by atoms with van der Waals surface area (Å²) in [5.41, 5.74) is 0. The highest BCUT2D eigenvalue weighted by Crippen LogP contribution is 2.33.